The predicted octanol–water partition coefficient (Wildman–Crippen LogP) is 2.67. The summed E-state index contributed by atoms with van der Waals surface area (Å²) in [5, 5.41) is 5.11. The van der Waals surface area contributed by atoms with E-state index in [4.69, 9.17) is 4.74 Å². The molecule has 0 amide bonds. The van der Waals surface area contributed by atoms with Gasteiger partial charge in [-0.05, 0) is 74.8 Å². The van der Waals surface area contributed by atoms with E-state index in [9.17, 15) is 4.79 Å². The fourth-order valence-corrected chi connectivity index (χ4v) is 2.94. The molecule has 1 aromatic heterocycles. The molecule has 0 spiro atoms. The quantitative estimate of drug-likeness (QED) is 0.892. The van der Waals surface area contributed by atoms with Crippen LogP contribution < -0.4 is 15.6 Å². The molecule has 2 aromatic rings. The van der Waals surface area contributed by atoms with Crippen LogP contribution >= 0.6 is 0 Å². The fraction of sp³-hybridized carbons (Fsp3) is 0.471. The predicted molar refractivity (Wildman–Crippen MR) is 85.2 cm³/mol. The Morgan fingerprint density at radius 2 is 1.95 bits per heavy atom. The van der Waals surface area contributed by atoms with Gasteiger partial charge in [0.05, 0.1) is 6.10 Å². The summed E-state index contributed by atoms with van der Waals surface area (Å²) < 4.78 is 6.22. The Morgan fingerprint density at radius 1 is 1.10 bits per heavy atom. The number of ether oxygens (including phenoxy) is 1. The number of rotatable bonds is 2. The zero-order chi connectivity index (χ0) is 14.8. The number of hydrogen-bond acceptors (Lipinski definition) is 3. The monoisotopic (exact) mass is 286 g/mol. The highest BCUT2D eigenvalue weighted by Gasteiger charge is 2.15. The lowest BCUT2D eigenvalue weighted by Gasteiger charge is -2.19. The Kier molecular flexibility index (Phi) is 3.97. The third-order valence-electron chi connectivity index (χ3n) is 4.22. The first-order chi connectivity index (χ1) is 10.1. The van der Waals surface area contributed by atoms with Crippen molar-refractivity contribution in [1.82, 2.24) is 10.3 Å². The van der Waals surface area contributed by atoms with Crippen molar-refractivity contribution in [2.24, 2.45) is 0 Å². The third kappa shape index (κ3) is 2.95. The minimum atomic E-state index is -0.0380. The number of hydrogen-bond donors (Lipinski definition) is 2. The molecule has 3 rings (SSSR count). The summed E-state index contributed by atoms with van der Waals surface area (Å²) in [5.41, 5.74) is 2.05. The summed E-state index contributed by atoms with van der Waals surface area (Å²) in [6.45, 7) is 6.10. The fourth-order valence-electron chi connectivity index (χ4n) is 2.94. The minimum Gasteiger partial charge on any atom is -0.490 e. The molecule has 112 valence electrons. The lowest BCUT2D eigenvalue weighted by molar-refractivity contribution is 0.186. The number of pyridine rings is 1. The first kappa shape index (κ1) is 14.1. The van der Waals surface area contributed by atoms with Crippen LogP contribution in [0, 0.1) is 13.8 Å². The topological polar surface area (TPSA) is 54.1 Å². The normalized spacial score (nSPS) is 19.4. The van der Waals surface area contributed by atoms with Gasteiger partial charge in [-0.25, -0.2) is 0 Å². The highest BCUT2D eigenvalue weighted by molar-refractivity contribution is 5.86. The van der Waals surface area contributed by atoms with Crippen LogP contribution in [0.4, 0.5) is 0 Å². The molecule has 0 bridgehead atoms. The van der Waals surface area contributed by atoms with Crippen molar-refractivity contribution in [2.45, 2.75) is 39.2 Å². The number of H-pyrrole nitrogens is 1. The third-order valence-corrected chi connectivity index (χ3v) is 4.22. The van der Waals surface area contributed by atoms with Gasteiger partial charge in [0.1, 0.15) is 5.75 Å². The Hall–Kier alpha value is -1.81. The Bertz CT molecular complexity index is 698. The summed E-state index contributed by atoms with van der Waals surface area (Å²) in [6.07, 6.45) is 5.29. The SMILES string of the molecule is Cc1cc2c(=O)[nH]cc(C)c2cc1OC1CCCNCC1. The van der Waals surface area contributed by atoms with E-state index in [0.717, 1.165) is 60.0 Å². The lowest BCUT2D eigenvalue weighted by Crippen LogP contribution is -2.19. The molecule has 1 aliphatic heterocycles. The molecule has 1 unspecified atom stereocenters. The Labute approximate surface area is 124 Å². The van der Waals surface area contributed by atoms with Gasteiger partial charge < -0.3 is 15.0 Å². The molecule has 21 heavy (non-hydrogen) atoms. The van der Waals surface area contributed by atoms with E-state index in [1.165, 1.54) is 0 Å². The number of aromatic amines is 1. The highest BCUT2D eigenvalue weighted by Crippen LogP contribution is 2.27. The standard InChI is InChI=1S/C17H22N2O2/c1-11-8-15-14(12(2)10-19-17(15)20)9-16(11)21-13-4-3-6-18-7-5-13/h8-10,13,18H,3-7H2,1-2H3,(H,19,20). The Morgan fingerprint density at radius 3 is 2.81 bits per heavy atom. The van der Waals surface area contributed by atoms with Crippen molar-refractivity contribution in [3.8, 4) is 5.75 Å². The number of fused-ring (bicyclic) bond motifs is 1. The van der Waals surface area contributed by atoms with Gasteiger partial charge in [-0.1, -0.05) is 0 Å². The second-order valence-corrected chi connectivity index (χ2v) is 5.88. The number of nitrogens with one attached hydrogen (secondary N) is 2. The molecule has 1 aliphatic rings. The molecule has 4 heteroatoms. The smallest absolute Gasteiger partial charge is 0.255 e. The van der Waals surface area contributed by atoms with Gasteiger partial charge >= 0.3 is 0 Å². The van der Waals surface area contributed by atoms with Gasteiger partial charge in [0.15, 0.2) is 0 Å². The maximum absolute atomic E-state index is 11.9. The van der Waals surface area contributed by atoms with Crippen LogP contribution in [-0.2, 0) is 0 Å². The van der Waals surface area contributed by atoms with E-state index < -0.39 is 0 Å². The van der Waals surface area contributed by atoms with E-state index >= 15 is 0 Å². The Balaban J connectivity index is 1.96. The zero-order valence-electron chi connectivity index (χ0n) is 12.7. The van der Waals surface area contributed by atoms with Crippen molar-refractivity contribution >= 4 is 10.8 Å². The summed E-state index contributed by atoms with van der Waals surface area (Å²) in [5.74, 6) is 0.906. The van der Waals surface area contributed by atoms with Crippen molar-refractivity contribution in [3.63, 3.8) is 0 Å². The summed E-state index contributed by atoms with van der Waals surface area (Å²) in [7, 11) is 0. The first-order valence-corrected chi connectivity index (χ1v) is 7.65. The number of aromatic nitrogens is 1. The molecule has 1 fully saturated rings. The molecule has 1 saturated heterocycles. The average molecular weight is 286 g/mol. The summed E-state index contributed by atoms with van der Waals surface area (Å²) >= 11 is 0. The van der Waals surface area contributed by atoms with E-state index in [1.54, 1.807) is 6.20 Å². The molecule has 0 radical (unpaired) electrons. The van der Waals surface area contributed by atoms with E-state index in [2.05, 4.69) is 10.3 Å². The number of aryl methyl sites for hydroxylation is 2. The molecular weight excluding hydrogens is 264 g/mol. The molecule has 1 aromatic carbocycles. The van der Waals surface area contributed by atoms with Crippen LogP contribution in [-0.4, -0.2) is 24.2 Å². The van der Waals surface area contributed by atoms with E-state index in [0.29, 0.717) is 0 Å². The van der Waals surface area contributed by atoms with Gasteiger partial charge in [0, 0.05) is 11.6 Å². The van der Waals surface area contributed by atoms with Crippen molar-refractivity contribution in [1.29, 1.82) is 0 Å². The van der Waals surface area contributed by atoms with Crippen LogP contribution in [0.2, 0.25) is 0 Å². The molecule has 4 nitrogen and oxygen atoms in total. The highest BCUT2D eigenvalue weighted by atomic mass is 16.5. The van der Waals surface area contributed by atoms with Gasteiger partial charge in [0.2, 0.25) is 0 Å². The van der Waals surface area contributed by atoms with Gasteiger partial charge in [-0.15, -0.1) is 0 Å². The molecule has 0 saturated carbocycles. The summed E-state index contributed by atoms with van der Waals surface area (Å²) in [6, 6.07) is 3.96. The van der Waals surface area contributed by atoms with Gasteiger partial charge in [-0.2, -0.15) is 0 Å². The molecular formula is C17H22N2O2. The van der Waals surface area contributed by atoms with Crippen LogP contribution in [0.25, 0.3) is 10.8 Å². The van der Waals surface area contributed by atoms with Crippen molar-refractivity contribution in [2.75, 3.05) is 13.1 Å². The van der Waals surface area contributed by atoms with Crippen molar-refractivity contribution < 1.29 is 4.74 Å². The van der Waals surface area contributed by atoms with E-state index in [1.807, 2.05) is 26.0 Å². The largest absolute Gasteiger partial charge is 0.490 e. The molecule has 2 N–H and O–H groups in total. The maximum atomic E-state index is 11.9. The van der Waals surface area contributed by atoms with Crippen LogP contribution in [0.1, 0.15) is 30.4 Å². The van der Waals surface area contributed by atoms with Crippen LogP contribution in [0.15, 0.2) is 23.1 Å². The maximum Gasteiger partial charge on any atom is 0.255 e. The molecule has 2 heterocycles. The van der Waals surface area contributed by atoms with Crippen LogP contribution in [0.5, 0.6) is 5.75 Å². The van der Waals surface area contributed by atoms with E-state index in [-0.39, 0.29) is 11.7 Å². The van der Waals surface area contributed by atoms with Gasteiger partial charge in [0.25, 0.3) is 5.56 Å². The second kappa shape index (κ2) is 5.90. The van der Waals surface area contributed by atoms with Crippen molar-refractivity contribution in [3.05, 3.63) is 39.8 Å². The molecule has 0 aliphatic carbocycles. The lowest BCUT2D eigenvalue weighted by atomic mass is 10.0. The van der Waals surface area contributed by atoms with Gasteiger partial charge in [-0.3, -0.25) is 4.79 Å². The zero-order valence-corrected chi connectivity index (χ0v) is 12.7. The average Bonchev–Trinajstić information content (AvgIpc) is 2.73. The first-order valence-electron chi connectivity index (χ1n) is 7.65. The molecule has 1 atom stereocenters. The summed E-state index contributed by atoms with van der Waals surface area (Å²) in [4.78, 5) is 14.7. The minimum absolute atomic E-state index is 0.0380. The second-order valence-electron chi connectivity index (χ2n) is 5.88. The number of benzene rings is 1. The van der Waals surface area contributed by atoms with Crippen LogP contribution in [0.3, 0.4) is 0 Å².